The van der Waals surface area contributed by atoms with Crippen molar-refractivity contribution in [3.8, 4) is 0 Å². The number of hydrogen-bond donors (Lipinski definition) is 1. The van der Waals surface area contributed by atoms with Crippen LogP contribution in [0.1, 0.15) is 22.2 Å². The van der Waals surface area contributed by atoms with Crippen molar-refractivity contribution >= 4 is 40.3 Å². The molecule has 28 heavy (non-hydrogen) atoms. The lowest BCUT2D eigenvalue weighted by Gasteiger charge is -2.16. The molecule has 0 radical (unpaired) electrons. The standard InChI is InChI=1S/C21H20ClN3O2S/c1-24(2)15-9-11-25(12-10-15)19(20(26)17-7-3-4-8-18(17)22)21(28)23-14-16-6-5-13-27-16/h3-13,19H,14H2,1-2H3/p+1/t19-/m1/s1. The van der Waals surface area contributed by atoms with Crippen LogP contribution in [0.3, 0.4) is 0 Å². The number of thiocarbonyl (C=S) groups is 1. The number of carbonyl (C=O) groups is 1. The normalized spacial score (nSPS) is 11.7. The summed E-state index contributed by atoms with van der Waals surface area (Å²) < 4.78 is 7.12. The molecular formula is C21H21ClN3O2S+. The Kier molecular flexibility index (Phi) is 6.44. The molecule has 0 aliphatic heterocycles. The fourth-order valence-electron chi connectivity index (χ4n) is 2.78. The molecule has 2 heterocycles. The van der Waals surface area contributed by atoms with Crippen LogP contribution in [-0.2, 0) is 6.54 Å². The maximum absolute atomic E-state index is 13.3. The lowest BCUT2D eigenvalue weighted by Crippen LogP contribution is -2.51. The number of Topliss-reactive ketones (excluding diaryl/α,β-unsaturated/α-hetero) is 1. The van der Waals surface area contributed by atoms with E-state index < -0.39 is 6.04 Å². The van der Waals surface area contributed by atoms with Crippen LogP contribution in [-0.4, -0.2) is 24.9 Å². The SMILES string of the molecule is CN(C)c1cc[n+]([C@H](C(=O)c2ccccc2Cl)C(=S)NCc2ccco2)cc1. The third-order valence-corrected chi connectivity index (χ3v) is 5.00. The van der Waals surface area contributed by atoms with Gasteiger partial charge < -0.3 is 14.6 Å². The summed E-state index contributed by atoms with van der Waals surface area (Å²) in [6, 6.07) is 13.8. The molecule has 7 heteroatoms. The predicted molar refractivity (Wildman–Crippen MR) is 114 cm³/mol. The number of pyridine rings is 1. The Morgan fingerprint density at radius 2 is 1.89 bits per heavy atom. The highest BCUT2D eigenvalue weighted by atomic mass is 35.5. The van der Waals surface area contributed by atoms with Gasteiger partial charge >= 0.3 is 0 Å². The fraction of sp³-hybridized carbons (Fsp3) is 0.190. The van der Waals surface area contributed by atoms with Crippen molar-refractivity contribution in [2.24, 2.45) is 0 Å². The van der Waals surface area contributed by atoms with Gasteiger partial charge in [0, 0.05) is 37.5 Å². The van der Waals surface area contributed by atoms with Gasteiger partial charge in [-0.05, 0) is 24.3 Å². The van der Waals surface area contributed by atoms with Gasteiger partial charge in [-0.1, -0.05) is 36.0 Å². The van der Waals surface area contributed by atoms with Crippen LogP contribution < -0.4 is 14.8 Å². The summed E-state index contributed by atoms with van der Waals surface area (Å²) in [5.41, 5.74) is 1.45. The second-order valence-corrected chi connectivity index (χ2v) is 7.29. The number of hydrogen-bond acceptors (Lipinski definition) is 4. The summed E-state index contributed by atoms with van der Waals surface area (Å²) in [7, 11) is 3.92. The Morgan fingerprint density at radius 1 is 1.18 bits per heavy atom. The summed E-state index contributed by atoms with van der Waals surface area (Å²) in [5.74, 6) is 0.560. The van der Waals surface area contributed by atoms with Crippen LogP contribution in [0.15, 0.2) is 71.6 Å². The maximum atomic E-state index is 13.3. The van der Waals surface area contributed by atoms with E-state index in [-0.39, 0.29) is 5.78 Å². The molecule has 2 aromatic heterocycles. The number of ketones is 1. The summed E-state index contributed by atoms with van der Waals surface area (Å²) in [4.78, 5) is 15.7. The van der Waals surface area contributed by atoms with Gasteiger partial charge in [-0.25, -0.2) is 0 Å². The van der Waals surface area contributed by atoms with Gasteiger partial charge in [0.25, 0.3) is 6.04 Å². The molecule has 0 spiro atoms. The Bertz CT molecular complexity index is 956. The average molecular weight is 415 g/mol. The molecule has 0 unspecified atom stereocenters. The van der Waals surface area contributed by atoms with Crippen LogP contribution in [0.4, 0.5) is 5.69 Å². The molecule has 0 aliphatic rings. The van der Waals surface area contributed by atoms with E-state index in [4.69, 9.17) is 28.2 Å². The van der Waals surface area contributed by atoms with Gasteiger partial charge in [0.2, 0.25) is 5.78 Å². The second-order valence-electron chi connectivity index (χ2n) is 6.44. The van der Waals surface area contributed by atoms with Crippen molar-refractivity contribution in [1.29, 1.82) is 0 Å². The van der Waals surface area contributed by atoms with Crippen molar-refractivity contribution < 1.29 is 13.8 Å². The number of halogens is 1. The molecule has 0 fully saturated rings. The predicted octanol–water partition coefficient (Wildman–Crippen LogP) is 3.83. The van der Waals surface area contributed by atoms with Crippen molar-refractivity contribution in [3.63, 3.8) is 0 Å². The van der Waals surface area contributed by atoms with Crippen LogP contribution >= 0.6 is 23.8 Å². The lowest BCUT2D eigenvalue weighted by atomic mass is 10.0. The smallest absolute Gasteiger partial charge is 0.270 e. The highest BCUT2D eigenvalue weighted by molar-refractivity contribution is 7.80. The molecular weight excluding hydrogens is 394 g/mol. The average Bonchev–Trinajstić information content (AvgIpc) is 3.21. The van der Waals surface area contributed by atoms with E-state index >= 15 is 0 Å². The summed E-state index contributed by atoms with van der Waals surface area (Å²) in [6.45, 7) is 0.397. The molecule has 0 bridgehead atoms. The zero-order valence-electron chi connectivity index (χ0n) is 15.6. The van der Waals surface area contributed by atoms with Gasteiger partial charge in [-0.15, -0.1) is 0 Å². The first-order valence-electron chi connectivity index (χ1n) is 8.74. The number of nitrogens with one attached hydrogen (secondary N) is 1. The molecule has 3 aromatic rings. The number of aromatic nitrogens is 1. The monoisotopic (exact) mass is 414 g/mol. The number of anilines is 1. The van der Waals surface area contributed by atoms with Crippen molar-refractivity contribution in [3.05, 3.63) is 83.5 Å². The molecule has 0 saturated carbocycles. The molecule has 144 valence electrons. The minimum Gasteiger partial charge on any atom is -0.467 e. The lowest BCUT2D eigenvalue weighted by molar-refractivity contribution is -0.692. The summed E-state index contributed by atoms with van der Waals surface area (Å²) in [6.07, 6.45) is 5.28. The topological polar surface area (TPSA) is 49.4 Å². The van der Waals surface area contributed by atoms with E-state index in [1.807, 2.05) is 49.6 Å². The first kappa shape index (κ1) is 20.0. The molecule has 1 atom stereocenters. The Labute approximate surface area is 174 Å². The zero-order valence-corrected chi connectivity index (χ0v) is 17.2. The van der Waals surface area contributed by atoms with Gasteiger partial charge in [-0.3, -0.25) is 4.79 Å². The molecule has 0 amide bonds. The summed E-state index contributed by atoms with van der Waals surface area (Å²) in [5, 5.41) is 3.53. The molecule has 3 rings (SSSR count). The van der Waals surface area contributed by atoms with E-state index in [1.165, 1.54) is 0 Å². The summed E-state index contributed by atoms with van der Waals surface area (Å²) >= 11 is 11.9. The van der Waals surface area contributed by atoms with E-state index in [1.54, 1.807) is 41.2 Å². The number of furan rings is 1. The van der Waals surface area contributed by atoms with E-state index in [9.17, 15) is 4.79 Å². The van der Waals surface area contributed by atoms with E-state index in [0.717, 1.165) is 11.4 Å². The quantitative estimate of drug-likeness (QED) is 0.362. The Balaban J connectivity index is 1.91. The fourth-order valence-corrected chi connectivity index (χ4v) is 3.31. The number of carbonyl (C=O) groups excluding carboxylic acids is 1. The zero-order chi connectivity index (χ0) is 20.1. The third kappa shape index (κ3) is 4.58. The van der Waals surface area contributed by atoms with Crippen molar-refractivity contribution in [2.75, 3.05) is 19.0 Å². The van der Waals surface area contributed by atoms with Gasteiger partial charge in [0.05, 0.1) is 17.8 Å². The van der Waals surface area contributed by atoms with Crippen LogP contribution in [0, 0.1) is 0 Å². The van der Waals surface area contributed by atoms with E-state index in [2.05, 4.69) is 5.32 Å². The third-order valence-electron chi connectivity index (χ3n) is 4.30. The van der Waals surface area contributed by atoms with E-state index in [0.29, 0.717) is 22.1 Å². The molecule has 5 nitrogen and oxygen atoms in total. The second kappa shape index (κ2) is 8.99. The van der Waals surface area contributed by atoms with Crippen LogP contribution in [0.5, 0.6) is 0 Å². The number of benzene rings is 1. The number of nitrogens with zero attached hydrogens (tertiary/aromatic N) is 2. The maximum Gasteiger partial charge on any atom is 0.270 e. The largest absolute Gasteiger partial charge is 0.467 e. The molecule has 0 aliphatic carbocycles. The van der Waals surface area contributed by atoms with Crippen molar-refractivity contribution in [1.82, 2.24) is 5.32 Å². The van der Waals surface area contributed by atoms with Crippen molar-refractivity contribution in [2.45, 2.75) is 12.6 Å². The first-order valence-corrected chi connectivity index (χ1v) is 9.53. The highest BCUT2D eigenvalue weighted by Gasteiger charge is 2.34. The Hall–Kier alpha value is -2.70. The first-order chi connectivity index (χ1) is 13.5. The molecule has 0 saturated heterocycles. The van der Waals surface area contributed by atoms with Gasteiger partial charge in [0.1, 0.15) is 5.76 Å². The highest BCUT2D eigenvalue weighted by Crippen LogP contribution is 2.20. The van der Waals surface area contributed by atoms with Gasteiger partial charge in [-0.2, -0.15) is 4.57 Å². The van der Waals surface area contributed by atoms with Gasteiger partial charge in [0.15, 0.2) is 17.4 Å². The molecule has 1 N–H and O–H groups in total. The minimum absolute atomic E-state index is 0.176. The Morgan fingerprint density at radius 3 is 2.50 bits per heavy atom. The van der Waals surface area contributed by atoms with Crippen LogP contribution in [0.25, 0.3) is 0 Å². The molecule has 1 aromatic carbocycles. The van der Waals surface area contributed by atoms with Crippen LogP contribution in [0.2, 0.25) is 5.02 Å². The number of rotatable bonds is 7. The minimum atomic E-state index is -0.721.